The Kier molecular flexibility index (Phi) is 1.03. The minimum Gasteiger partial charge on any atom is -0.387 e. The number of nitrogens with one attached hydrogen (secondary N) is 2. The number of aromatic nitrogens is 2. The summed E-state index contributed by atoms with van der Waals surface area (Å²) in [5.41, 5.74) is 1.05. The fourth-order valence-corrected chi connectivity index (χ4v) is 1.12. The molecule has 52 valence electrons. The van der Waals surface area contributed by atoms with Gasteiger partial charge in [0.25, 0.3) is 0 Å². The Morgan fingerprint density at radius 1 is 1.60 bits per heavy atom. The van der Waals surface area contributed by atoms with Crippen LogP contribution in [0.5, 0.6) is 0 Å². The van der Waals surface area contributed by atoms with Crippen LogP contribution in [0.2, 0.25) is 0 Å². The summed E-state index contributed by atoms with van der Waals surface area (Å²) in [7, 11) is 0. The highest BCUT2D eigenvalue weighted by molar-refractivity contribution is 5.36. The molecule has 2 rings (SSSR count). The first kappa shape index (κ1) is 5.53. The van der Waals surface area contributed by atoms with E-state index in [1.54, 1.807) is 0 Å². The van der Waals surface area contributed by atoms with Crippen molar-refractivity contribution in [1.29, 1.82) is 0 Å². The molecule has 2 N–H and O–H groups in total. The van der Waals surface area contributed by atoms with E-state index in [9.17, 15) is 0 Å². The van der Waals surface area contributed by atoms with E-state index in [-0.39, 0.29) is 0 Å². The molecule has 0 spiro atoms. The van der Waals surface area contributed by atoms with Gasteiger partial charge in [0.05, 0.1) is 11.0 Å². The Morgan fingerprint density at radius 2 is 2.50 bits per heavy atom. The number of fused-ring (bicyclic) bond motifs is 1. The summed E-state index contributed by atoms with van der Waals surface area (Å²) in [4.78, 5) is 0. The average Bonchev–Trinajstić information content (AvgIpc) is 2.34. The van der Waals surface area contributed by atoms with Crippen molar-refractivity contribution in [2.24, 2.45) is 0 Å². The molecule has 0 fully saturated rings. The van der Waals surface area contributed by atoms with Crippen LogP contribution in [0.3, 0.4) is 0 Å². The van der Waals surface area contributed by atoms with Crippen LogP contribution in [0.15, 0.2) is 0 Å². The van der Waals surface area contributed by atoms with Gasteiger partial charge in [-0.15, -0.1) is 0 Å². The zero-order chi connectivity index (χ0) is 6.97. The van der Waals surface area contributed by atoms with Crippen molar-refractivity contribution in [2.75, 3.05) is 6.54 Å². The molecular weight excluding hydrogens is 126 g/mol. The maximum absolute atomic E-state index is 4.07. The van der Waals surface area contributed by atoms with Gasteiger partial charge in [0.2, 0.25) is 0 Å². The maximum Gasteiger partial charge on any atom is 0.0684 e. The highest BCUT2D eigenvalue weighted by atomic mass is 15.1. The van der Waals surface area contributed by atoms with Gasteiger partial charge in [-0.2, -0.15) is 5.10 Å². The second-order valence-corrected chi connectivity index (χ2v) is 2.39. The van der Waals surface area contributed by atoms with Gasteiger partial charge in [0.15, 0.2) is 0 Å². The molecule has 0 saturated heterocycles. The van der Waals surface area contributed by atoms with E-state index in [0.29, 0.717) is 0 Å². The minimum absolute atomic E-state index is 0.897. The first-order valence-corrected chi connectivity index (χ1v) is 3.33. The maximum atomic E-state index is 4.07. The molecule has 10 heavy (non-hydrogen) atoms. The summed E-state index contributed by atoms with van der Waals surface area (Å²) in [5.74, 6) is 0. The van der Waals surface area contributed by atoms with Crippen LogP contribution in [0.4, 0.5) is 0 Å². The molecule has 0 amide bonds. The summed E-state index contributed by atoms with van der Waals surface area (Å²) >= 11 is 0. The van der Waals surface area contributed by atoms with Crippen molar-refractivity contribution in [2.45, 2.75) is 6.92 Å². The molecule has 0 radical (unpaired) electrons. The van der Waals surface area contributed by atoms with Crippen LogP contribution in [0.25, 0.3) is 12.3 Å². The predicted molar refractivity (Wildman–Crippen MR) is 39.5 cm³/mol. The van der Waals surface area contributed by atoms with Crippen molar-refractivity contribution < 1.29 is 0 Å². The van der Waals surface area contributed by atoms with Crippen LogP contribution in [0, 0.1) is 6.92 Å². The van der Waals surface area contributed by atoms with E-state index >= 15 is 0 Å². The van der Waals surface area contributed by atoms with Crippen LogP contribution >= 0.6 is 0 Å². The molecule has 2 heterocycles. The second-order valence-electron chi connectivity index (χ2n) is 2.39. The lowest BCUT2D eigenvalue weighted by molar-refractivity contribution is 1.01. The molecule has 1 aromatic heterocycles. The molecule has 1 aliphatic heterocycles. The summed E-state index contributed by atoms with van der Waals surface area (Å²) in [6, 6.07) is 0. The predicted octanol–water partition coefficient (Wildman–Crippen LogP) is -1.16. The van der Waals surface area contributed by atoms with Gasteiger partial charge in [0.1, 0.15) is 0 Å². The average molecular weight is 135 g/mol. The molecule has 1 aromatic rings. The monoisotopic (exact) mass is 135 g/mol. The Balaban J connectivity index is 2.89. The largest absolute Gasteiger partial charge is 0.387 e. The lowest BCUT2D eigenvalue weighted by Gasteiger charge is -1.96. The van der Waals surface area contributed by atoms with Crippen molar-refractivity contribution in [3.63, 3.8) is 0 Å². The molecule has 0 aromatic carbocycles. The number of hydrogen-bond donors (Lipinski definition) is 2. The fraction of sp³-hybridized carbons (Fsp3) is 0.286. The van der Waals surface area contributed by atoms with Gasteiger partial charge >= 0.3 is 0 Å². The zero-order valence-corrected chi connectivity index (χ0v) is 5.81. The van der Waals surface area contributed by atoms with E-state index in [2.05, 4.69) is 21.6 Å². The van der Waals surface area contributed by atoms with E-state index in [1.807, 2.05) is 13.1 Å². The lowest BCUT2D eigenvalue weighted by Crippen LogP contribution is -2.32. The summed E-state index contributed by atoms with van der Waals surface area (Å²) < 4.78 is 0. The van der Waals surface area contributed by atoms with Gasteiger partial charge in [-0.25, -0.2) is 0 Å². The number of H-pyrrole nitrogens is 1. The molecule has 0 bridgehead atoms. The van der Waals surface area contributed by atoms with Crippen LogP contribution < -0.4 is 15.9 Å². The molecule has 0 atom stereocenters. The first-order valence-electron chi connectivity index (χ1n) is 3.33. The zero-order valence-electron chi connectivity index (χ0n) is 5.81. The Hall–Kier alpha value is -1.25. The normalized spacial score (nSPS) is 14.5. The van der Waals surface area contributed by atoms with Gasteiger partial charge in [-0.3, -0.25) is 5.10 Å². The van der Waals surface area contributed by atoms with Crippen LogP contribution in [-0.4, -0.2) is 16.7 Å². The van der Waals surface area contributed by atoms with Crippen molar-refractivity contribution in [1.82, 2.24) is 15.5 Å². The number of nitrogens with zero attached hydrogens (tertiary/aromatic N) is 1. The summed E-state index contributed by atoms with van der Waals surface area (Å²) in [5, 5.41) is 12.5. The van der Waals surface area contributed by atoms with E-state index in [0.717, 1.165) is 17.6 Å². The van der Waals surface area contributed by atoms with Gasteiger partial charge in [0, 0.05) is 18.0 Å². The van der Waals surface area contributed by atoms with Crippen molar-refractivity contribution in [3.8, 4) is 0 Å². The molecular formula is C7H9N3. The smallest absolute Gasteiger partial charge is 0.0684 e. The van der Waals surface area contributed by atoms with E-state index in [1.165, 1.54) is 5.22 Å². The van der Waals surface area contributed by atoms with Gasteiger partial charge < -0.3 is 5.32 Å². The fourth-order valence-electron chi connectivity index (χ4n) is 1.12. The molecule has 3 nitrogen and oxygen atoms in total. The summed E-state index contributed by atoms with van der Waals surface area (Å²) in [6.07, 6.45) is 4.09. The lowest BCUT2D eigenvalue weighted by atomic mass is 10.3. The van der Waals surface area contributed by atoms with E-state index < -0.39 is 0 Å². The third kappa shape index (κ3) is 0.635. The third-order valence-electron chi connectivity index (χ3n) is 1.69. The molecule has 3 heteroatoms. The standard InChI is InChI=1S/C7H9N3/c1-5-6-4-8-3-2-7(6)10-9-5/h2,4,8,10H,3H2,1H3. The molecule has 0 saturated carbocycles. The van der Waals surface area contributed by atoms with Crippen molar-refractivity contribution >= 4 is 12.3 Å². The highest BCUT2D eigenvalue weighted by Crippen LogP contribution is 1.75. The SMILES string of the molecule is Cc1n[nH]c2c1=CNCC=2. The quantitative estimate of drug-likeness (QED) is 0.471. The van der Waals surface area contributed by atoms with Gasteiger partial charge in [-0.1, -0.05) is 0 Å². The van der Waals surface area contributed by atoms with E-state index in [4.69, 9.17) is 0 Å². The van der Waals surface area contributed by atoms with Crippen LogP contribution in [0.1, 0.15) is 5.69 Å². The Morgan fingerprint density at radius 3 is 3.30 bits per heavy atom. The first-order chi connectivity index (χ1) is 4.88. The topological polar surface area (TPSA) is 40.7 Å². The third-order valence-corrected chi connectivity index (χ3v) is 1.69. The van der Waals surface area contributed by atoms with Gasteiger partial charge in [-0.05, 0) is 13.0 Å². The Bertz CT molecular complexity index is 347. The molecule has 0 aliphatic carbocycles. The number of rotatable bonds is 0. The highest BCUT2D eigenvalue weighted by Gasteiger charge is 1.96. The summed E-state index contributed by atoms with van der Waals surface area (Å²) in [6.45, 7) is 2.89. The number of hydrogen-bond acceptors (Lipinski definition) is 2. The second kappa shape index (κ2) is 1.87. The van der Waals surface area contributed by atoms with Crippen LogP contribution in [-0.2, 0) is 0 Å². The Labute approximate surface area is 58.5 Å². The number of aryl methyl sites for hydroxylation is 1. The number of aromatic amines is 1. The van der Waals surface area contributed by atoms with Crippen molar-refractivity contribution in [3.05, 3.63) is 16.3 Å². The minimum atomic E-state index is 0.897. The molecule has 1 aliphatic rings. The molecule has 0 unspecified atom stereocenters.